The first kappa shape index (κ1) is 19.0. The van der Waals surface area contributed by atoms with Gasteiger partial charge in [0.2, 0.25) is 0 Å². The van der Waals surface area contributed by atoms with Crippen LogP contribution in [-0.4, -0.2) is 10.9 Å². The van der Waals surface area contributed by atoms with Gasteiger partial charge in [-0.15, -0.1) is 11.3 Å². The van der Waals surface area contributed by atoms with Crippen molar-refractivity contribution in [1.82, 2.24) is 10.3 Å². The Morgan fingerprint density at radius 3 is 2.74 bits per heavy atom. The van der Waals surface area contributed by atoms with Crippen LogP contribution in [0, 0.1) is 18.6 Å². The Morgan fingerprint density at radius 1 is 1.22 bits per heavy atom. The molecule has 3 aromatic rings. The van der Waals surface area contributed by atoms with Crippen molar-refractivity contribution in [2.45, 2.75) is 26.5 Å². The van der Waals surface area contributed by atoms with Crippen LogP contribution in [0.4, 0.5) is 8.78 Å². The molecule has 1 N–H and O–H groups in total. The Kier molecular flexibility index (Phi) is 5.81. The average Bonchev–Trinajstić information content (AvgIpc) is 3.07. The number of thiazole rings is 1. The molecule has 0 fully saturated rings. The molecule has 0 aliphatic rings. The van der Waals surface area contributed by atoms with Gasteiger partial charge in [0.1, 0.15) is 12.4 Å². The number of carbonyl (C=O) groups is 1. The highest BCUT2D eigenvalue weighted by Crippen LogP contribution is 2.19. The second-order valence-corrected chi connectivity index (χ2v) is 7.11. The molecule has 0 bridgehead atoms. The van der Waals surface area contributed by atoms with Gasteiger partial charge in [-0.3, -0.25) is 4.79 Å². The zero-order valence-corrected chi connectivity index (χ0v) is 15.6. The molecule has 4 nitrogen and oxygen atoms in total. The number of benzene rings is 2. The van der Waals surface area contributed by atoms with Crippen molar-refractivity contribution in [1.29, 1.82) is 0 Å². The molecule has 0 saturated carbocycles. The van der Waals surface area contributed by atoms with Gasteiger partial charge in [-0.25, -0.2) is 13.8 Å². The van der Waals surface area contributed by atoms with Gasteiger partial charge in [-0.2, -0.15) is 0 Å². The summed E-state index contributed by atoms with van der Waals surface area (Å²) in [6.07, 6.45) is 0. The highest BCUT2D eigenvalue weighted by atomic mass is 32.1. The average molecular weight is 388 g/mol. The molecule has 1 aromatic heterocycles. The molecule has 0 aliphatic heterocycles. The highest BCUT2D eigenvalue weighted by Gasteiger charge is 2.14. The third kappa shape index (κ3) is 4.89. The Balaban J connectivity index is 1.64. The number of hydrogen-bond donors (Lipinski definition) is 1. The number of carbonyl (C=O) groups excluding carboxylic acids is 1. The predicted octanol–water partition coefficient (Wildman–Crippen LogP) is 4.80. The van der Waals surface area contributed by atoms with Gasteiger partial charge in [0, 0.05) is 10.9 Å². The molecule has 0 radical (unpaired) electrons. The molecular weight excluding hydrogens is 370 g/mol. The number of amides is 1. The van der Waals surface area contributed by atoms with Gasteiger partial charge in [-0.05, 0) is 49.7 Å². The summed E-state index contributed by atoms with van der Waals surface area (Å²) in [6, 6.07) is 9.86. The topological polar surface area (TPSA) is 51.2 Å². The van der Waals surface area contributed by atoms with Crippen molar-refractivity contribution in [3.63, 3.8) is 0 Å². The minimum atomic E-state index is -0.943. The van der Waals surface area contributed by atoms with Crippen LogP contribution in [0.25, 0.3) is 0 Å². The molecular formula is C20H18F2N2O2S. The van der Waals surface area contributed by atoms with Gasteiger partial charge in [0.15, 0.2) is 11.6 Å². The van der Waals surface area contributed by atoms with Crippen molar-refractivity contribution in [2.75, 3.05) is 0 Å². The number of nitrogens with zero attached hydrogens (tertiary/aromatic N) is 1. The molecule has 7 heteroatoms. The van der Waals surface area contributed by atoms with Gasteiger partial charge < -0.3 is 10.1 Å². The lowest BCUT2D eigenvalue weighted by molar-refractivity contribution is 0.0939. The number of halogens is 2. The number of rotatable bonds is 6. The molecule has 1 atom stereocenters. The van der Waals surface area contributed by atoms with Crippen molar-refractivity contribution in [2.24, 2.45) is 0 Å². The van der Waals surface area contributed by atoms with Gasteiger partial charge in [-0.1, -0.05) is 12.1 Å². The first-order valence-electron chi connectivity index (χ1n) is 8.32. The van der Waals surface area contributed by atoms with Crippen LogP contribution in [0.1, 0.15) is 39.6 Å². The van der Waals surface area contributed by atoms with Crippen LogP contribution in [0.3, 0.4) is 0 Å². The third-order valence-corrected chi connectivity index (χ3v) is 4.76. The van der Waals surface area contributed by atoms with Crippen LogP contribution < -0.4 is 10.1 Å². The lowest BCUT2D eigenvalue weighted by atomic mass is 10.1. The molecule has 0 spiro atoms. The number of ether oxygens (including phenoxy) is 1. The fourth-order valence-electron chi connectivity index (χ4n) is 2.50. The molecule has 0 saturated heterocycles. The molecule has 0 aliphatic carbocycles. The van der Waals surface area contributed by atoms with E-state index in [1.165, 1.54) is 6.07 Å². The Bertz CT molecular complexity index is 959. The fraction of sp³-hybridized carbons (Fsp3) is 0.200. The summed E-state index contributed by atoms with van der Waals surface area (Å²) in [4.78, 5) is 16.8. The van der Waals surface area contributed by atoms with E-state index in [2.05, 4.69) is 10.3 Å². The summed E-state index contributed by atoms with van der Waals surface area (Å²) >= 11 is 1.55. The lowest BCUT2D eigenvalue weighted by Gasteiger charge is -2.15. The first-order valence-corrected chi connectivity index (χ1v) is 9.20. The summed E-state index contributed by atoms with van der Waals surface area (Å²) in [5.41, 5.74) is 1.73. The van der Waals surface area contributed by atoms with Crippen LogP contribution in [0.15, 0.2) is 47.8 Å². The first-order chi connectivity index (χ1) is 12.9. The van der Waals surface area contributed by atoms with Crippen molar-refractivity contribution >= 4 is 17.2 Å². The largest absolute Gasteiger partial charge is 0.487 e. The van der Waals surface area contributed by atoms with E-state index in [-0.39, 0.29) is 5.91 Å². The van der Waals surface area contributed by atoms with Crippen LogP contribution >= 0.6 is 11.3 Å². The quantitative estimate of drug-likeness (QED) is 0.660. The van der Waals surface area contributed by atoms with E-state index in [0.29, 0.717) is 23.5 Å². The minimum Gasteiger partial charge on any atom is -0.487 e. The summed E-state index contributed by atoms with van der Waals surface area (Å²) in [5.74, 6) is -1.64. The minimum absolute atomic E-state index is 0.320. The van der Waals surface area contributed by atoms with Crippen molar-refractivity contribution < 1.29 is 18.3 Å². The second kappa shape index (κ2) is 8.26. The number of aryl methyl sites for hydroxylation is 1. The molecule has 27 heavy (non-hydrogen) atoms. The highest BCUT2D eigenvalue weighted by molar-refractivity contribution is 7.09. The predicted molar refractivity (Wildman–Crippen MR) is 99.9 cm³/mol. The van der Waals surface area contributed by atoms with Gasteiger partial charge in [0.25, 0.3) is 5.91 Å². The van der Waals surface area contributed by atoms with Crippen molar-refractivity contribution in [3.8, 4) is 5.75 Å². The fourth-order valence-corrected chi connectivity index (χ4v) is 3.10. The lowest BCUT2D eigenvalue weighted by Crippen LogP contribution is -2.26. The third-order valence-electron chi connectivity index (χ3n) is 3.94. The summed E-state index contributed by atoms with van der Waals surface area (Å²) < 4.78 is 32.1. The zero-order chi connectivity index (χ0) is 19.4. The summed E-state index contributed by atoms with van der Waals surface area (Å²) in [5, 5.41) is 5.66. The summed E-state index contributed by atoms with van der Waals surface area (Å²) in [7, 11) is 0. The second-order valence-electron chi connectivity index (χ2n) is 6.04. The SMILES string of the molecule is Cc1nc(COc2cccc(C(=O)NC(C)c3ccc(F)c(F)c3)c2)cs1. The normalized spacial score (nSPS) is 11.9. The van der Waals surface area contributed by atoms with Gasteiger partial charge >= 0.3 is 0 Å². The maximum Gasteiger partial charge on any atom is 0.251 e. The number of aromatic nitrogens is 1. The van der Waals surface area contributed by atoms with Crippen LogP contribution in [-0.2, 0) is 6.61 Å². The molecule has 2 aromatic carbocycles. The molecule has 1 unspecified atom stereocenters. The molecule has 3 rings (SSSR count). The molecule has 1 amide bonds. The standard InChI is InChI=1S/C20H18F2N2O2S/c1-12(14-6-7-18(21)19(22)9-14)23-20(25)15-4-3-5-17(8-15)26-10-16-11-27-13(2)24-16/h3-9,11-12H,10H2,1-2H3,(H,23,25). The van der Waals surface area contributed by atoms with Crippen LogP contribution in [0.5, 0.6) is 5.75 Å². The smallest absolute Gasteiger partial charge is 0.251 e. The van der Waals surface area contributed by atoms with E-state index < -0.39 is 17.7 Å². The number of nitrogens with one attached hydrogen (secondary N) is 1. The Hall–Kier alpha value is -2.80. The Morgan fingerprint density at radius 2 is 2.04 bits per heavy atom. The maximum absolute atomic E-state index is 13.4. The molecule has 1 heterocycles. The summed E-state index contributed by atoms with van der Waals surface area (Å²) in [6.45, 7) is 3.95. The van der Waals surface area contributed by atoms with E-state index >= 15 is 0 Å². The maximum atomic E-state index is 13.4. The van der Waals surface area contributed by atoms with E-state index in [1.807, 2.05) is 12.3 Å². The van der Waals surface area contributed by atoms with E-state index in [4.69, 9.17) is 4.74 Å². The Labute approximate surface area is 159 Å². The van der Waals surface area contributed by atoms with Crippen molar-refractivity contribution in [3.05, 3.63) is 81.3 Å². The van der Waals surface area contributed by atoms with E-state index in [0.717, 1.165) is 22.8 Å². The van der Waals surface area contributed by atoms with Crippen LogP contribution in [0.2, 0.25) is 0 Å². The van der Waals surface area contributed by atoms with E-state index in [9.17, 15) is 13.6 Å². The molecule has 140 valence electrons. The van der Waals surface area contributed by atoms with Gasteiger partial charge in [0.05, 0.1) is 16.7 Å². The zero-order valence-electron chi connectivity index (χ0n) is 14.8. The number of hydrogen-bond acceptors (Lipinski definition) is 4. The monoisotopic (exact) mass is 388 g/mol. The van der Waals surface area contributed by atoms with E-state index in [1.54, 1.807) is 42.5 Å².